The second-order valence-electron chi connectivity index (χ2n) is 8.06. The minimum absolute atomic E-state index is 0.0484. The number of aryl methyl sites for hydroxylation is 2. The van der Waals surface area contributed by atoms with E-state index in [1.54, 1.807) is 0 Å². The summed E-state index contributed by atoms with van der Waals surface area (Å²) in [6.07, 6.45) is 5.25. The molecule has 4 rings (SSSR count). The maximum atomic E-state index is 13.0. The summed E-state index contributed by atoms with van der Waals surface area (Å²) in [5, 5.41) is 6.38. The molecule has 1 unspecified atom stereocenters. The van der Waals surface area contributed by atoms with Gasteiger partial charge in [-0.1, -0.05) is 36.4 Å². The number of carbonyl (C=O) groups is 2. The molecule has 0 aromatic heterocycles. The Morgan fingerprint density at radius 3 is 2.66 bits per heavy atom. The van der Waals surface area contributed by atoms with Crippen LogP contribution >= 0.6 is 0 Å². The van der Waals surface area contributed by atoms with E-state index in [9.17, 15) is 9.59 Å². The molecule has 0 bridgehead atoms. The Morgan fingerprint density at radius 2 is 1.83 bits per heavy atom. The van der Waals surface area contributed by atoms with Gasteiger partial charge >= 0.3 is 0 Å². The molecule has 2 aromatic carbocycles. The second kappa shape index (κ2) is 8.68. The zero-order chi connectivity index (χ0) is 20.2. The number of fused-ring (bicyclic) bond motifs is 1. The van der Waals surface area contributed by atoms with Crippen molar-refractivity contribution in [3.63, 3.8) is 0 Å². The Balaban J connectivity index is 1.42. The molecule has 1 saturated heterocycles. The van der Waals surface area contributed by atoms with Crippen molar-refractivity contribution in [2.24, 2.45) is 0 Å². The number of anilines is 1. The predicted octanol–water partition coefficient (Wildman–Crippen LogP) is 3.84. The second-order valence-corrected chi connectivity index (χ2v) is 8.06. The highest BCUT2D eigenvalue weighted by Crippen LogP contribution is 2.29. The Kier molecular flexibility index (Phi) is 5.84. The standard InChI is InChI=1S/C24H29N3O2/c1-17-8-6-13-21(23(17)24(29)27-14-4-5-15-27)25-16-22(28)26-20-12-7-10-18-9-2-3-11-19(18)20/h2-3,6,8-9,11,13,20,25H,4-5,7,10,12,14-16H2,1H3,(H,26,28). The van der Waals surface area contributed by atoms with E-state index in [2.05, 4.69) is 28.8 Å². The molecule has 2 amide bonds. The van der Waals surface area contributed by atoms with Gasteiger partial charge in [-0.3, -0.25) is 9.59 Å². The molecule has 0 spiro atoms. The van der Waals surface area contributed by atoms with Crippen LogP contribution in [0.4, 0.5) is 5.69 Å². The van der Waals surface area contributed by atoms with Gasteiger partial charge in [-0.15, -0.1) is 0 Å². The lowest BCUT2D eigenvalue weighted by molar-refractivity contribution is -0.120. The van der Waals surface area contributed by atoms with E-state index in [0.717, 1.165) is 56.4 Å². The Hall–Kier alpha value is -2.82. The summed E-state index contributed by atoms with van der Waals surface area (Å²) < 4.78 is 0. The average molecular weight is 392 g/mol. The maximum Gasteiger partial charge on any atom is 0.256 e. The Bertz CT molecular complexity index is 903. The summed E-state index contributed by atoms with van der Waals surface area (Å²) in [5.41, 5.74) is 4.92. The number of likely N-dealkylation sites (tertiary alicyclic amines) is 1. The quantitative estimate of drug-likeness (QED) is 0.814. The van der Waals surface area contributed by atoms with Crippen molar-refractivity contribution < 1.29 is 9.59 Å². The van der Waals surface area contributed by atoms with E-state index < -0.39 is 0 Å². The molecule has 0 saturated carbocycles. The first-order valence-electron chi connectivity index (χ1n) is 10.6. The van der Waals surface area contributed by atoms with E-state index >= 15 is 0 Å². The molecule has 1 atom stereocenters. The van der Waals surface area contributed by atoms with E-state index in [1.807, 2.05) is 36.1 Å². The summed E-state index contributed by atoms with van der Waals surface area (Å²) in [6, 6.07) is 14.2. The number of carbonyl (C=O) groups excluding carboxylic acids is 2. The summed E-state index contributed by atoms with van der Waals surface area (Å²) in [7, 11) is 0. The van der Waals surface area contributed by atoms with Gasteiger partial charge in [-0.05, 0) is 61.8 Å². The van der Waals surface area contributed by atoms with Crippen LogP contribution in [0.15, 0.2) is 42.5 Å². The molecule has 0 radical (unpaired) electrons. The van der Waals surface area contributed by atoms with Crippen LogP contribution in [-0.2, 0) is 11.2 Å². The zero-order valence-corrected chi connectivity index (χ0v) is 17.0. The molecule has 2 aromatic rings. The third kappa shape index (κ3) is 4.29. The van der Waals surface area contributed by atoms with Gasteiger partial charge in [-0.2, -0.15) is 0 Å². The molecule has 5 nitrogen and oxygen atoms in total. The molecular formula is C24H29N3O2. The van der Waals surface area contributed by atoms with Gasteiger partial charge in [0.05, 0.1) is 18.2 Å². The van der Waals surface area contributed by atoms with Crippen LogP contribution in [0.5, 0.6) is 0 Å². The molecule has 29 heavy (non-hydrogen) atoms. The smallest absolute Gasteiger partial charge is 0.256 e. The minimum atomic E-state index is -0.0484. The fourth-order valence-electron chi connectivity index (χ4n) is 4.50. The topological polar surface area (TPSA) is 61.4 Å². The first kappa shape index (κ1) is 19.5. The highest BCUT2D eigenvalue weighted by molar-refractivity contribution is 6.01. The van der Waals surface area contributed by atoms with Crippen molar-refractivity contribution in [2.45, 2.75) is 45.1 Å². The number of benzene rings is 2. The zero-order valence-electron chi connectivity index (χ0n) is 17.0. The van der Waals surface area contributed by atoms with Gasteiger partial charge in [0.1, 0.15) is 0 Å². The average Bonchev–Trinajstić information content (AvgIpc) is 3.27. The lowest BCUT2D eigenvalue weighted by Gasteiger charge is -2.26. The SMILES string of the molecule is Cc1cccc(NCC(=O)NC2CCCc3ccccc32)c1C(=O)N1CCCC1. The molecule has 1 aliphatic carbocycles. The van der Waals surface area contributed by atoms with Crippen LogP contribution in [0.25, 0.3) is 0 Å². The monoisotopic (exact) mass is 391 g/mol. The van der Waals surface area contributed by atoms with Gasteiger partial charge < -0.3 is 15.5 Å². The molecule has 2 N–H and O–H groups in total. The molecule has 152 valence electrons. The van der Waals surface area contributed by atoms with Gasteiger partial charge in [0, 0.05) is 18.8 Å². The van der Waals surface area contributed by atoms with Crippen LogP contribution in [0.1, 0.15) is 58.8 Å². The lowest BCUT2D eigenvalue weighted by Crippen LogP contribution is -2.35. The van der Waals surface area contributed by atoms with Crippen molar-refractivity contribution >= 4 is 17.5 Å². The summed E-state index contributed by atoms with van der Waals surface area (Å²) in [5.74, 6) is 0.0116. The van der Waals surface area contributed by atoms with Gasteiger partial charge in [0.25, 0.3) is 5.91 Å². The van der Waals surface area contributed by atoms with Crippen molar-refractivity contribution in [1.82, 2.24) is 10.2 Å². The third-order valence-electron chi connectivity index (χ3n) is 6.02. The highest BCUT2D eigenvalue weighted by Gasteiger charge is 2.24. The molecular weight excluding hydrogens is 362 g/mol. The first-order valence-corrected chi connectivity index (χ1v) is 10.6. The number of rotatable bonds is 5. The summed E-state index contributed by atoms with van der Waals surface area (Å²) >= 11 is 0. The van der Waals surface area contributed by atoms with Gasteiger partial charge in [0.15, 0.2) is 0 Å². The number of nitrogens with zero attached hydrogens (tertiary/aromatic N) is 1. The lowest BCUT2D eigenvalue weighted by atomic mass is 9.88. The fraction of sp³-hybridized carbons (Fsp3) is 0.417. The first-order chi connectivity index (χ1) is 14.1. The van der Waals surface area contributed by atoms with Crippen LogP contribution in [0.3, 0.4) is 0 Å². The van der Waals surface area contributed by atoms with Crippen molar-refractivity contribution in [2.75, 3.05) is 25.0 Å². The van der Waals surface area contributed by atoms with Crippen LogP contribution in [0.2, 0.25) is 0 Å². The molecule has 1 fully saturated rings. The third-order valence-corrected chi connectivity index (χ3v) is 6.02. The Labute approximate surface area is 172 Å². The van der Waals surface area contributed by atoms with Crippen molar-refractivity contribution in [3.8, 4) is 0 Å². The summed E-state index contributed by atoms with van der Waals surface area (Å²) in [6.45, 7) is 3.73. The largest absolute Gasteiger partial charge is 0.376 e. The minimum Gasteiger partial charge on any atom is -0.376 e. The normalized spacial score (nSPS) is 18.2. The molecule has 5 heteroatoms. The predicted molar refractivity (Wildman–Crippen MR) is 115 cm³/mol. The number of nitrogens with one attached hydrogen (secondary N) is 2. The highest BCUT2D eigenvalue weighted by atomic mass is 16.2. The number of hydrogen-bond donors (Lipinski definition) is 2. The van der Waals surface area contributed by atoms with Gasteiger partial charge in [-0.25, -0.2) is 0 Å². The maximum absolute atomic E-state index is 13.0. The van der Waals surface area contributed by atoms with Crippen molar-refractivity contribution in [3.05, 3.63) is 64.7 Å². The number of hydrogen-bond acceptors (Lipinski definition) is 3. The van der Waals surface area contributed by atoms with Crippen LogP contribution < -0.4 is 10.6 Å². The van der Waals surface area contributed by atoms with Crippen LogP contribution in [-0.4, -0.2) is 36.3 Å². The van der Waals surface area contributed by atoms with Crippen molar-refractivity contribution in [1.29, 1.82) is 0 Å². The molecule has 1 heterocycles. The fourth-order valence-corrected chi connectivity index (χ4v) is 4.50. The van der Waals surface area contributed by atoms with E-state index in [1.165, 1.54) is 11.1 Å². The van der Waals surface area contributed by atoms with E-state index in [4.69, 9.17) is 0 Å². The summed E-state index contributed by atoms with van der Waals surface area (Å²) in [4.78, 5) is 27.5. The Morgan fingerprint density at radius 1 is 1.03 bits per heavy atom. The van der Waals surface area contributed by atoms with Crippen LogP contribution in [0, 0.1) is 6.92 Å². The van der Waals surface area contributed by atoms with E-state index in [0.29, 0.717) is 5.56 Å². The molecule has 1 aliphatic heterocycles. The van der Waals surface area contributed by atoms with E-state index in [-0.39, 0.29) is 24.4 Å². The number of amides is 2. The van der Waals surface area contributed by atoms with Gasteiger partial charge in [0.2, 0.25) is 5.91 Å². The molecule has 2 aliphatic rings.